The number of rotatable bonds is 4. The fourth-order valence-electron chi connectivity index (χ4n) is 0.315. The van der Waals surface area contributed by atoms with Gasteiger partial charge in [-0.25, -0.2) is 4.79 Å². The van der Waals surface area contributed by atoms with Crippen LogP contribution in [0.5, 0.6) is 0 Å². The summed E-state index contributed by atoms with van der Waals surface area (Å²) in [4.78, 5) is 10.3. The minimum absolute atomic E-state index is 0.295. The lowest BCUT2D eigenvalue weighted by Gasteiger charge is -2.14. The number of nitrogens with two attached hydrogens (primary N) is 1. The number of quaternary nitrogens is 1. The van der Waals surface area contributed by atoms with Gasteiger partial charge in [0.2, 0.25) is 0 Å². The van der Waals surface area contributed by atoms with Gasteiger partial charge in [0.25, 0.3) is 0 Å². The van der Waals surface area contributed by atoms with Gasteiger partial charge in [0, 0.05) is 0 Å². The van der Waals surface area contributed by atoms with Crippen LogP contribution in [-0.4, -0.2) is 22.9 Å². The van der Waals surface area contributed by atoms with Crippen LogP contribution in [0, 0.1) is 0 Å². The largest absolute Gasteiger partial charge is 0.497 e. The standard InChI is InChI=1S/C3H6NO2S4/c5-3(6)2(4-7)1-10(8)9/h2H,1,4H2,(H,5,6)/q-1. The van der Waals surface area contributed by atoms with Gasteiger partial charge in [-0.2, -0.15) is 0 Å². The zero-order valence-electron chi connectivity index (χ0n) is 4.85. The summed E-state index contributed by atoms with van der Waals surface area (Å²) in [6, 6.07) is -0.645. The molecule has 3 nitrogen and oxygen atoms in total. The van der Waals surface area contributed by atoms with Crippen LogP contribution in [0.2, 0.25) is 0 Å². The highest BCUT2D eigenvalue weighted by molar-refractivity contribution is 8.46. The highest BCUT2D eigenvalue weighted by Crippen LogP contribution is 1.77. The normalized spacial score (nSPS) is 13.4. The Labute approximate surface area is 75.6 Å². The van der Waals surface area contributed by atoms with E-state index in [0.717, 1.165) is 0 Å². The number of hydrogen-bond acceptors (Lipinski definition) is 5. The first-order valence-corrected chi connectivity index (χ1v) is 6.03. The highest BCUT2D eigenvalue weighted by atomic mass is 33.1. The van der Waals surface area contributed by atoms with Crippen LogP contribution in [0.3, 0.4) is 0 Å². The summed E-state index contributed by atoms with van der Waals surface area (Å²) in [5.41, 5.74) is 0. The third-order valence-electron chi connectivity index (χ3n) is 0.797. The van der Waals surface area contributed by atoms with E-state index in [1.54, 1.807) is 0 Å². The van der Waals surface area contributed by atoms with Crippen LogP contribution < -0.4 is 4.72 Å². The molecule has 0 aromatic heterocycles. The minimum Gasteiger partial charge on any atom is -0.497 e. The minimum atomic E-state index is -0.942. The van der Waals surface area contributed by atoms with Gasteiger partial charge in [0.15, 0.2) is 6.04 Å². The smallest absolute Gasteiger partial charge is 0.359 e. The Kier molecular flexibility index (Phi) is 5.55. The maximum atomic E-state index is 10.3. The lowest BCUT2D eigenvalue weighted by Crippen LogP contribution is -2.87. The summed E-state index contributed by atoms with van der Waals surface area (Å²) in [5.74, 6) is -0.647. The van der Waals surface area contributed by atoms with Crippen molar-refractivity contribution in [2.24, 2.45) is 0 Å². The summed E-state index contributed by atoms with van der Waals surface area (Å²) in [6.07, 6.45) is 0. The van der Waals surface area contributed by atoms with E-state index in [1.807, 2.05) is 0 Å². The number of carboxylic acid groups (broad SMARTS) is 1. The van der Waals surface area contributed by atoms with Crippen LogP contribution in [0.4, 0.5) is 0 Å². The average Bonchev–Trinajstić information content (AvgIpc) is 1.81. The Balaban J connectivity index is 3.96. The van der Waals surface area contributed by atoms with E-state index in [2.05, 4.69) is 35.2 Å². The van der Waals surface area contributed by atoms with Crippen molar-refractivity contribution in [3.63, 3.8) is 0 Å². The van der Waals surface area contributed by atoms with Crippen molar-refractivity contribution >= 4 is 49.2 Å². The number of carbonyl (C=O) groups is 1. The van der Waals surface area contributed by atoms with E-state index in [0.29, 0.717) is 5.75 Å². The fourth-order valence-corrected chi connectivity index (χ4v) is 2.06. The fraction of sp³-hybridized carbons (Fsp3) is 0.667. The molecule has 0 spiro atoms. The molecule has 0 aromatic carbocycles. The van der Waals surface area contributed by atoms with Gasteiger partial charge in [0.1, 0.15) is 0 Å². The summed E-state index contributed by atoms with van der Waals surface area (Å²) in [5, 5.41) is 8.44. The van der Waals surface area contributed by atoms with Crippen molar-refractivity contribution in [1.82, 2.24) is 0 Å². The molecule has 0 radical (unpaired) electrons. The van der Waals surface area contributed by atoms with Crippen molar-refractivity contribution in [2.45, 2.75) is 6.04 Å². The molecular weight excluding hydrogens is 210 g/mol. The number of hydrogen-bond donors (Lipinski definition) is 2. The molecule has 0 heterocycles. The first kappa shape index (κ1) is 10.6. The summed E-state index contributed by atoms with van der Waals surface area (Å²) >= 11 is 13.8. The molecule has 1 unspecified atom stereocenters. The van der Waals surface area contributed by atoms with Crippen LogP contribution >= 0.6 is 0 Å². The van der Waals surface area contributed by atoms with E-state index < -0.39 is 20.0 Å². The molecule has 1 atom stereocenters. The molecule has 0 aliphatic heterocycles. The second-order valence-corrected chi connectivity index (χ2v) is 5.81. The van der Waals surface area contributed by atoms with E-state index >= 15 is 0 Å². The zero-order chi connectivity index (χ0) is 8.15. The van der Waals surface area contributed by atoms with Gasteiger partial charge >= 0.3 is 5.97 Å². The Bertz CT molecular complexity index is 181. The molecule has 0 saturated heterocycles. The zero-order valence-corrected chi connectivity index (χ0v) is 8.12. The van der Waals surface area contributed by atoms with Crippen LogP contribution in [0.15, 0.2) is 0 Å². The van der Waals surface area contributed by atoms with Gasteiger partial charge in [-0.1, -0.05) is 5.75 Å². The molecule has 0 saturated carbocycles. The average molecular weight is 216 g/mol. The Morgan fingerprint density at radius 3 is 2.40 bits per heavy atom. The van der Waals surface area contributed by atoms with E-state index in [9.17, 15) is 4.79 Å². The predicted molar refractivity (Wildman–Crippen MR) is 47.7 cm³/mol. The van der Waals surface area contributed by atoms with Gasteiger partial charge in [0.05, 0.1) is 0 Å². The monoisotopic (exact) mass is 216 g/mol. The summed E-state index contributed by atoms with van der Waals surface area (Å²) in [7, 11) is -0.678. The molecule has 0 amide bonds. The van der Waals surface area contributed by atoms with Gasteiger partial charge in [-0.3, -0.25) is 22.4 Å². The SMILES string of the molecule is O=C(O)C(C[S-](=S)=S)[NH2+][S-]. The topological polar surface area (TPSA) is 53.9 Å². The quantitative estimate of drug-likeness (QED) is 0.533. The third-order valence-corrected chi connectivity index (χ3v) is 2.57. The third kappa shape index (κ3) is 4.40. The number of aliphatic carboxylic acids is 1. The Morgan fingerprint density at radius 2 is 2.30 bits per heavy atom. The van der Waals surface area contributed by atoms with Crippen LogP contribution in [0.1, 0.15) is 0 Å². The van der Waals surface area contributed by atoms with E-state index in [-0.39, 0.29) is 0 Å². The lowest BCUT2D eigenvalue weighted by atomic mass is 10.4. The predicted octanol–water partition coefficient (Wildman–Crippen LogP) is -1.99. The molecular formula is C3H6NO2S4-. The molecule has 0 rings (SSSR count). The maximum Gasteiger partial charge on any atom is 0.359 e. The summed E-state index contributed by atoms with van der Waals surface area (Å²) < 4.78 is 1.20. The van der Waals surface area contributed by atoms with E-state index in [4.69, 9.17) is 5.11 Å². The number of carboxylic acids is 1. The van der Waals surface area contributed by atoms with Gasteiger partial charge < -0.3 is 30.7 Å². The second-order valence-electron chi connectivity index (χ2n) is 1.55. The van der Waals surface area contributed by atoms with E-state index in [1.165, 1.54) is 4.72 Å². The Morgan fingerprint density at radius 1 is 1.80 bits per heavy atom. The lowest BCUT2D eigenvalue weighted by molar-refractivity contribution is -0.504. The molecule has 0 aliphatic carbocycles. The molecule has 10 heavy (non-hydrogen) atoms. The maximum absolute atomic E-state index is 10.3. The van der Waals surface area contributed by atoms with Gasteiger partial charge in [-0.15, -0.1) is 0 Å². The van der Waals surface area contributed by atoms with Gasteiger partial charge in [-0.05, 0) is 0 Å². The first-order valence-electron chi connectivity index (χ1n) is 2.32. The molecule has 7 heteroatoms. The Hall–Kier alpha value is 0.570. The highest BCUT2D eigenvalue weighted by Gasteiger charge is 2.10. The molecule has 0 fully saturated rings. The van der Waals surface area contributed by atoms with Crippen LogP contribution in [0.25, 0.3) is 0 Å². The molecule has 3 N–H and O–H groups in total. The van der Waals surface area contributed by atoms with Crippen LogP contribution in [-0.2, 0) is 48.0 Å². The van der Waals surface area contributed by atoms with Crippen molar-refractivity contribution in [2.75, 3.05) is 5.75 Å². The van der Waals surface area contributed by atoms with Crippen molar-refractivity contribution in [3.05, 3.63) is 0 Å². The summed E-state index contributed by atoms with van der Waals surface area (Å²) in [6.45, 7) is 0. The molecule has 0 aliphatic rings. The molecule has 0 aromatic rings. The van der Waals surface area contributed by atoms with Crippen molar-refractivity contribution in [1.29, 1.82) is 0 Å². The van der Waals surface area contributed by atoms with Crippen molar-refractivity contribution in [3.8, 4) is 0 Å². The molecule has 60 valence electrons. The second kappa shape index (κ2) is 5.25. The first-order chi connectivity index (χ1) is 4.57. The van der Waals surface area contributed by atoms with Crippen molar-refractivity contribution < 1.29 is 14.6 Å². The molecule has 0 bridgehead atoms.